The van der Waals surface area contributed by atoms with Gasteiger partial charge in [-0.1, -0.05) is 22.0 Å². The molecule has 0 fully saturated rings. The number of amides is 2. The summed E-state index contributed by atoms with van der Waals surface area (Å²) in [6.07, 6.45) is 0. The molecule has 0 saturated carbocycles. The topological polar surface area (TPSA) is 70.2 Å². The molecule has 6 heteroatoms. The molecular formula is C13H16BrN3O2. The molecule has 0 aromatic heterocycles. The number of hydrogen-bond donors (Lipinski definition) is 3. The third-order valence-corrected chi connectivity index (χ3v) is 3.71. The van der Waals surface area contributed by atoms with Gasteiger partial charge >= 0.3 is 0 Å². The Morgan fingerprint density at radius 3 is 2.95 bits per heavy atom. The van der Waals surface area contributed by atoms with Crippen LogP contribution < -0.4 is 16.0 Å². The second kappa shape index (κ2) is 5.71. The van der Waals surface area contributed by atoms with Crippen LogP contribution in [0.2, 0.25) is 0 Å². The Bertz CT molecular complexity index is 519. The lowest BCUT2D eigenvalue weighted by Crippen LogP contribution is -2.45. The van der Waals surface area contributed by atoms with Gasteiger partial charge in [0.1, 0.15) is 6.04 Å². The van der Waals surface area contributed by atoms with Crippen molar-refractivity contribution in [2.75, 3.05) is 11.9 Å². The lowest BCUT2D eigenvalue weighted by atomic mass is 10.1. The van der Waals surface area contributed by atoms with Gasteiger partial charge < -0.3 is 10.6 Å². The van der Waals surface area contributed by atoms with Crippen molar-refractivity contribution >= 4 is 33.4 Å². The Morgan fingerprint density at radius 2 is 2.26 bits per heavy atom. The first-order chi connectivity index (χ1) is 9.04. The zero-order valence-electron chi connectivity index (χ0n) is 10.8. The van der Waals surface area contributed by atoms with E-state index >= 15 is 0 Å². The smallest absolute Gasteiger partial charge is 0.246 e. The molecule has 1 aromatic rings. The van der Waals surface area contributed by atoms with Crippen molar-refractivity contribution in [2.45, 2.75) is 25.9 Å². The van der Waals surface area contributed by atoms with E-state index in [4.69, 9.17) is 0 Å². The number of fused-ring (bicyclic) bond motifs is 1. The summed E-state index contributed by atoms with van der Waals surface area (Å²) in [5.74, 6) is -0.256. The van der Waals surface area contributed by atoms with Gasteiger partial charge in [0.05, 0.1) is 6.04 Å². The van der Waals surface area contributed by atoms with E-state index < -0.39 is 12.1 Å². The fourth-order valence-corrected chi connectivity index (χ4v) is 2.68. The number of anilines is 1. The molecule has 0 saturated heterocycles. The minimum Gasteiger partial charge on any atom is -0.355 e. The Balaban J connectivity index is 2.18. The van der Waals surface area contributed by atoms with Crippen LogP contribution in [0.5, 0.6) is 0 Å². The zero-order valence-corrected chi connectivity index (χ0v) is 12.4. The summed E-state index contributed by atoms with van der Waals surface area (Å²) in [4.78, 5) is 23.7. The minimum absolute atomic E-state index is 0.115. The number of benzene rings is 1. The third-order valence-electron chi connectivity index (χ3n) is 3.02. The highest BCUT2D eigenvalue weighted by molar-refractivity contribution is 9.10. The van der Waals surface area contributed by atoms with E-state index in [-0.39, 0.29) is 11.8 Å². The second-order valence-corrected chi connectivity index (χ2v) is 5.26. The molecule has 0 spiro atoms. The molecule has 2 amide bonds. The number of rotatable bonds is 4. The van der Waals surface area contributed by atoms with E-state index in [0.29, 0.717) is 6.54 Å². The van der Waals surface area contributed by atoms with Crippen LogP contribution in [0.25, 0.3) is 0 Å². The average Bonchev–Trinajstić information content (AvgIpc) is 2.67. The SMILES string of the molecule is CCNC(=O)C(C)NC1C(=O)Nc2cccc(Br)c21. The molecule has 3 N–H and O–H groups in total. The Kier molecular flexibility index (Phi) is 4.21. The first kappa shape index (κ1) is 14.0. The molecule has 2 atom stereocenters. The first-order valence-electron chi connectivity index (χ1n) is 6.17. The lowest BCUT2D eigenvalue weighted by molar-refractivity contribution is -0.123. The fraction of sp³-hybridized carbons (Fsp3) is 0.385. The van der Waals surface area contributed by atoms with Gasteiger partial charge in [0, 0.05) is 22.3 Å². The van der Waals surface area contributed by atoms with Crippen molar-refractivity contribution in [2.24, 2.45) is 0 Å². The number of hydrogen-bond acceptors (Lipinski definition) is 3. The van der Waals surface area contributed by atoms with E-state index in [2.05, 4.69) is 31.9 Å². The van der Waals surface area contributed by atoms with Gasteiger partial charge in [-0.05, 0) is 26.0 Å². The van der Waals surface area contributed by atoms with Crippen LogP contribution in [-0.4, -0.2) is 24.4 Å². The molecular weight excluding hydrogens is 310 g/mol. The molecule has 5 nitrogen and oxygen atoms in total. The summed E-state index contributed by atoms with van der Waals surface area (Å²) in [5, 5.41) is 8.59. The number of carbonyl (C=O) groups excluding carboxylic acids is 2. The number of likely N-dealkylation sites (N-methyl/N-ethyl adjacent to an activating group) is 1. The molecule has 2 unspecified atom stereocenters. The van der Waals surface area contributed by atoms with E-state index in [1.54, 1.807) is 6.92 Å². The van der Waals surface area contributed by atoms with Crippen LogP contribution in [0.4, 0.5) is 5.69 Å². The van der Waals surface area contributed by atoms with Crippen molar-refractivity contribution < 1.29 is 9.59 Å². The predicted molar refractivity (Wildman–Crippen MR) is 76.8 cm³/mol. The number of nitrogens with one attached hydrogen (secondary N) is 3. The Hall–Kier alpha value is -1.40. The van der Waals surface area contributed by atoms with Gasteiger partial charge in [0.25, 0.3) is 0 Å². The minimum atomic E-state index is -0.511. The van der Waals surface area contributed by atoms with Crippen LogP contribution in [0, 0.1) is 0 Å². The maximum Gasteiger partial charge on any atom is 0.246 e. The van der Waals surface area contributed by atoms with E-state index in [9.17, 15) is 9.59 Å². The van der Waals surface area contributed by atoms with E-state index in [1.807, 2.05) is 25.1 Å². The Labute approximate surface area is 120 Å². The predicted octanol–water partition coefficient (Wildman–Crippen LogP) is 1.56. The van der Waals surface area contributed by atoms with E-state index in [1.165, 1.54) is 0 Å². The standard InChI is InChI=1S/C13H16BrN3O2/c1-3-15-12(18)7(2)16-11-10-8(14)5-4-6-9(10)17-13(11)19/h4-7,11,16H,3H2,1-2H3,(H,15,18)(H,17,19). The molecule has 2 rings (SSSR count). The zero-order chi connectivity index (χ0) is 14.0. The maximum atomic E-state index is 12.0. The van der Waals surface area contributed by atoms with Crippen LogP contribution >= 0.6 is 15.9 Å². The van der Waals surface area contributed by atoms with Gasteiger partial charge in [-0.25, -0.2) is 0 Å². The summed E-state index contributed by atoms with van der Waals surface area (Å²) in [6, 6.07) is 4.64. The van der Waals surface area contributed by atoms with Crippen LogP contribution in [0.3, 0.4) is 0 Å². The molecule has 1 heterocycles. The number of carbonyl (C=O) groups is 2. The van der Waals surface area contributed by atoms with Crippen molar-refractivity contribution in [1.82, 2.24) is 10.6 Å². The molecule has 1 aromatic carbocycles. The van der Waals surface area contributed by atoms with Gasteiger partial charge in [0.15, 0.2) is 0 Å². The summed E-state index contributed by atoms with van der Waals surface area (Å²) in [5.41, 5.74) is 1.63. The van der Waals surface area contributed by atoms with Crippen molar-refractivity contribution in [3.63, 3.8) is 0 Å². The quantitative estimate of drug-likeness (QED) is 0.786. The first-order valence-corrected chi connectivity index (χ1v) is 6.97. The molecule has 1 aliphatic heterocycles. The summed E-state index contributed by atoms with van der Waals surface area (Å²) < 4.78 is 0.851. The van der Waals surface area contributed by atoms with E-state index in [0.717, 1.165) is 15.7 Å². The fourth-order valence-electron chi connectivity index (χ4n) is 2.09. The van der Waals surface area contributed by atoms with Gasteiger partial charge in [-0.15, -0.1) is 0 Å². The molecule has 0 bridgehead atoms. The molecule has 102 valence electrons. The monoisotopic (exact) mass is 325 g/mol. The normalized spacial score (nSPS) is 18.7. The summed E-state index contributed by atoms with van der Waals surface area (Å²) in [7, 11) is 0. The maximum absolute atomic E-state index is 12.0. The molecule has 0 aliphatic carbocycles. The second-order valence-electron chi connectivity index (χ2n) is 4.41. The van der Waals surface area contributed by atoms with Gasteiger partial charge in [-0.2, -0.15) is 0 Å². The summed E-state index contributed by atoms with van der Waals surface area (Å²) in [6.45, 7) is 4.17. The van der Waals surface area contributed by atoms with Crippen LogP contribution in [-0.2, 0) is 9.59 Å². The molecule has 1 aliphatic rings. The largest absolute Gasteiger partial charge is 0.355 e. The highest BCUT2D eigenvalue weighted by Gasteiger charge is 2.34. The van der Waals surface area contributed by atoms with Crippen molar-refractivity contribution in [1.29, 1.82) is 0 Å². The molecule has 0 radical (unpaired) electrons. The van der Waals surface area contributed by atoms with Crippen LogP contribution in [0.15, 0.2) is 22.7 Å². The van der Waals surface area contributed by atoms with Crippen molar-refractivity contribution in [3.05, 3.63) is 28.2 Å². The summed E-state index contributed by atoms with van der Waals surface area (Å²) >= 11 is 3.44. The van der Waals surface area contributed by atoms with Gasteiger partial charge in [-0.3, -0.25) is 14.9 Å². The highest BCUT2D eigenvalue weighted by Crippen LogP contribution is 2.36. The third kappa shape index (κ3) is 2.79. The van der Waals surface area contributed by atoms with Crippen LogP contribution in [0.1, 0.15) is 25.5 Å². The number of halogens is 1. The lowest BCUT2D eigenvalue weighted by Gasteiger charge is -2.18. The van der Waals surface area contributed by atoms with Crippen molar-refractivity contribution in [3.8, 4) is 0 Å². The average molecular weight is 326 g/mol. The molecule has 19 heavy (non-hydrogen) atoms. The Morgan fingerprint density at radius 1 is 1.53 bits per heavy atom. The highest BCUT2D eigenvalue weighted by atomic mass is 79.9. The van der Waals surface area contributed by atoms with Gasteiger partial charge in [0.2, 0.25) is 11.8 Å².